The predicted molar refractivity (Wildman–Crippen MR) is 98.4 cm³/mol. The Kier molecular flexibility index (Phi) is 5.75. The molecule has 0 fully saturated rings. The van der Waals surface area contributed by atoms with Gasteiger partial charge in [-0.05, 0) is 24.3 Å². The van der Waals surface area contributed by atoms with Crippen molar-refractivity contribution in [1.82, 2.24) is 4.98 Å². The van der Waals surface area contributed by atoms with Crippen molar-refractivity contribution in [1.29, 1.82) is 0 Å². The van der Waals surface area contributed by atoms with Gasteiger partial charge in [0.05, 0.1) is 16.5 Å². The number of halogens is 1. The Labute approximate surface area is 158 Å². The molecule has 1 N–H and O–H groups in total. The van der Waals surface area contributed by atoms with Gasteiger partial charge in [0.15, 0.2) is 6.61 Å². The fraction of sp³-hybridized carbons (Fsp3) is 0.176. The SMILES string of the molecule is O=C(COC(=O)CN1C(=O)CSc2ccccc21)Nc1ccc(Cl)cn1. The fourth-order valence-electron chi connectivity index (χ4n) is 2.28. The highest BCUT2D eigenvalue weighted by molar-refractivity contribution is 8.00. The molecule has 134 valence electrons. The van der Waals surface area contributed by atoms with E-state index in [0.717, 1.165) is 4.90 Å². The lowest BCUT2D eigenvalue weighted by molar-refractivity contribution is -0.146. The first-order valence-corrected chi connectivity index (χ1v) is 8.98. The lowest BCUT2D eigenvalue weighted by Crippen LogP contribution is -2.40. The minimum atomic E-state index is -0.667. The van der Waals surface area contributed by atoms with Gasteiger partial charge in [0.1, 0.15) is 12.4 Å². The van der Waals surface area contributed by atoms with Crippen molar-refractivity contribution in [3.8, 4) is 0 Å². The number of hydrogen-bond donors (Lipinski definition) is 1. The molecule has 1 aliphatic heterocycles. The van der Waals surface area contributed by atoms with Crippen LogP contribution in [0.15, 0.2) is 47.5 Å². The van der Waals surface area contributed by atoms with Gasteiger partial charge in [-0.3, -0.25) is 19.3 Å². The predicted octanol–water partition coefficient (Wildman–Crippen LogP) is 2.36. The number of fused-ring (bicyclic) bond motifs is 1. The van der Waals surface area contributed by atoms with E-state index in [1.165, 1.54) is 28.9 Å². The van der Waals surface area contributed by atoms with E-state index in [4.69, 9.17) is 16.3 Å². The standard InChI is InChI=1S/C17H14ClN3O4S/c18-11-5-6-14(19-7-11)20-15(22)9-25-17(24)8-21-12-3-1-2-4-13(12)26-10-16(21)23/h1-7H,8-10H2,(H,19,20,22). The summed E-state index contributed by atoms with van der Waals surface area (Å²) >= 11 is 7.14. The van der Waals surface area contributed by atoms with E-state index in [-0.39, 0.29) is 18.2 Å². The third-order valence-electron chi connectivity index (χ3n) is 3.45. The lowest BCUT2D eigenvalue weighted by atomic mass is 10.2. The van der Waals surface area contributed by atoms with Gasteiger partial charge in [-0.1, -0.05) is 23.7 Å². The van der Waals surface area contributed by atoms with Crippen molar-refractivity contribution < 1.29 is 19.1 Å². The topological polar surface area (TPSA) is 88.6 Å². The molecule has 0 saturated heterocycles. The van der Waals surface area contributed by atoms with Gasteiger partial charge < -0.3 is 10.1 Å². The monoisotopic (exact) mass is 391 g/mol. The van der Waals surface area contributed by atoms with Gasteiger partial charge in [-0.2, -0.15) is 0 Å². The number of amides is 2. The highest BCUT2D eigenvalue weighted by Gasteiger charge is 2.26. The van der Waals surface area contributed by atoms with Gasteiger partial charge in [0.2, 0.25) is 5.91 Å². The van der Waals surface area contributed by atoms with Crippen LogP contribution in [-0.2, 0) is 19.1 Å². The summed E-state index contributed by atoms with van der Waals surface area (Å²) in [4.78, 5) is 42.1. The molecule has 0 atom stereocenters. The number of thioether (sulfide) groups is 1. The summed E-state index contributed by atoms with van der Waals surface area (Å²) in [5.74, 6) is -0.825. The van der Waals surface area contributed by atoms with Crippen LogP contribution in [0.1, 0.15) is 0 Å². The number of carbonyl (C=O) groups excluding carboxylic acids is 3. The number of carbonyl (C=O) groups is 3. The number of rotatable bonds is 5. The molecule has 1 aliphatic rings. The van der Waals surface area contributed by atoms with Crippen molar-refractivity contribution in [2.75, 3.05) is 29.1 Å². The summed E-state index contributed by atoms with van der Waals surface area (Å²) in [5.41, 5.74) is 0.667. The number of aromatic nitrogens is 1. The van der Waals surface area contributed by atoms with Gasteiger partial charge in [0, 0.05) is 11.1 Å². The Hall–Kier alpha value is -2.58. The van der Waals surface area contributed by atoms with Crippen molar-refractivity contribution in [3.05, 3.63) is 47.6 Å². The number of ether oxygens (including phenoxy) is 1. The van der Waals surface area contributed by atoms with E-state index < -0.39 is 18.5 Å². The van der Waals surface area contributed by atoms with Crippen LogP contribution in [0.5, 0.6) is 0 Å². The van der Waals surface area contributed by atoms with Crippen LogP contribution in [-0.4, -0.2) is 41.7 Å². The summed E-state index contributed by atoms with van der Waals surface area (Å²) in [6, 6.07) is 10.4. The number of hydrogen-bond acceptors (Lipinski definition) is 6. The van der Waals surface area contributed by atoms with Crippen molar-refractivity contribution >= 4 is 52.7 Å². The number of nitrogens with zero attached hydrogens (tertiary/aromatic N) is 2. The maximum Gasteiger partial charge on any atom is 0.326 e. The van der Waals surface area contributed by atoms with Gasteiger partial charge in [0.25, 0.3) is 5.91 Å². The van der Waals surface area contributed by atoms with E-state index in [9.17, 15) is 14.4 Å². The molecule has 3 rings (SSSR count). The molecule has 7 nitrogen and oxygen atoms in total. The van der Waals surface area contributed by atoms with E-state index in [1.807, 2.05) is 12.1 Å². The molecular weight excluding hydrogens is 378 g/mol. The fourth-order valence-corrected chi connectivity index (χ4v) is 3.32. The highest BCUT2D eigenvalue weighted by Crippen LogP contribution is 2.34. The molecule has 2 aromatic rings. The summed E-state index contributed by atoms with van der Waals surface area (Å²) < 4.78 is 4.96. The number of anilines is 2. The second-order valence-electron chi connectivity index (χ2n) is 5.31. The Morgan fingerprint density at radius 1 is 1.27 bits per heavy atom. The summed E-state index contributed by atoms with van der Waals surface area (Å²) in [7, 11) is 0. The summed E-state index contributed by atoms with van der Waals surface area (Å²) in [6.45, 7) is -0.718. The van der Waals surface area contributed by atoms with E-state index in [2.05, 4.69) is 10.3 Å². The van der Waals surface area contributed by atoms with Crippen LogP contribution >= 0.6 is 23.4 Å². The van der Waals surface area contributed by atoms with E-state index in [0.29, 0.717) is 16.5 Å². The third kappa shape index (κ3) is 4.53. The second-order valence-corrected chi connectivity index (χ2v) is 6.76. The molecule has 9 heteroatoms. The Morgan fingerprint density at radius 2 is 2.08 bits per heavy atom. The number of benzene rings is 1. The number of esters is 1. The van der Waals surface area contributed by atoms with Gasteiger partial charge >= 0.3 is 5.97 Å². The van der Waals surface area contributed by atoms with Gasteiger partial charge in [-0.25, -0.2) is 4.98 Å². The minimum Gasteiger partial charge on any atom is -0.454 e. The molecule has 0 aliphatic carbocycles. The Morgan fingerprint density at radius 3 is 2.85 bits per heavy atom. The van der Waals surface area contributed by atoms with Gasteiger partial charge in [-0.15, -0.1) is 11.8 Å². The molecule has 1 aromatic heterocycles. The average molecular weight is 392 g/mol. The minimum absolute atomic E-state index is 0.180. The number of pyridine rings is 1. The van der Waals surface area contributed by atoms with Crippen LogP contribution in [0.25, 0.3) is 0 Å². The maximum absolute atomic E-state index is 12.1. The average Bonchev–Trinajstić information content (AvgIpc) is 2.64. The first-order valence-electron chi connectivity index (χ1n) is 7.62. The first kappa shape index (κ1) is 18.2. The summed E-state index contributed by atoms with van der Waals surface area (Å²) in [6.07, 6.45) is 1.39. The smallest absolute Gasteiger partial charge is 0.326 e. The molecule has 2 heterocycles. The normalized spacial score (nSPS) is 13.1. The molecule has 1 aromatic carbocycles. The molecule has 0 radical (unpaired) electrons. The quantitative estimate of drug-likeness (QED) is 0.787. The van der Waals surface area contributed by atoms with Crippen molar-refractivity contribution in [2.24, 2.45) is 0 Å². The number of para-hydroxylation sites is 1. The second kappa shape index (κ2) is 8.20. The zero-order chi connectivity index (χ0) is 18.5. The zero-order valence-electron chi connectivity index (χ0n) is 13.5. The van der Waals surface area contributed by atoms with Crippen molar-refractivity contribution in [3.63, 3.8) is 0 Å². The lowest BCUT2D eigenvalue weighted by Gasteiger charge is -2.27. The molecule has 0 saturated carbocycles. The third-order valence-corrected chi connectivity index (χ3v) is 4.73. The summed E-state index contributed by atoms with van der Waals surface area (Å²) in [5, 5.41) is 2.93. The Bertz CT molecular complexity index is 844. The zero-order valence-corrected chi connectivity index (χ0v) is 15.0. The van der Waals surface area contributed by atoms with Crippen LogP contribution in [0.3, 0.4) is 0 Å². The van der Waals surface area contributed by atoms with Crippen molar-refractivity contribution in [2.45, 2.75) is 4.90 Å². The first-order chi connectivity index (χ1) is 12.5. The van der Waals surface area contributed by atoms with Crippen LogP contribution in [0.4, 0.5) is 11.5 Å². The molecule has 0 bridgehead atoms. The van der Waals surface area contributed by atoms with Crippen LogP contribution in [0, 0.1) is 0 Å². The number of nitrogens with one attached hydrogen (secondary N) is 1. The van der Waals surface area contributed by atoms with Crippen LogP contribution in [0.2, 0.25) is 5.02 Å². The molecule has 0 spiro atoms. The molecule has 0 unspecified atom stereocenters. The van der Waals surface area contributed by atoms with Crippen LogP contribution < -0.4 is 10.2 Å². The molecular formula is C17H14ClN3O4S. The van der Waals surface area contributed by atoms with E-state index >= 15 is 0 Å². The van der Waals surface area contributed by atoms with E-state index in [1.54, 1.807) is 18.2 Å². The largest absolute Gasteiger partial charge is 0.454 e. The Balaban J connectivity index is 1.53. The molecule has 2 amide bonds. The maximum atomic E-state index is 12.1. The highest BCUT2D eigenvalue weighted by atomic mass is 35.5. The molecule has 26 heavy (non-hydrogen) atoms.